The maximum atomic E-state index is 5.95. The second-order valence-electron chi connectivity index (χ2n) is 4.53. The lowest BCUT2D eigenvalue weighted by atomic mass is 10.1. The minimum Gasteiger partial charge on any atom is -0.372 e. The van der Waals surface area contributed by atoms with Gasteiger partial charge in [0, 0.05) is 13.2 Å². The normalized spacial score (nSPS) is 12.6. The van der Waals surface area contributed by atoms with E-state index in [0.29, 0.717) is 0 Å². The SMILES string of the molecule is CCCCCOC(CNC)c1ccc(C)cc1. The molecule has 1 aromatic rings. The molecule has 1 unspecified atom stereocenters. The third-order valence-corrected chi connectivity index (χ3v) is 2.91. The summed E-state index contributed by atoms with van der Waals surface area (Å²) in [7, 11) is 1.97. The molecule has 0 spiro atoms. The van der Waals surface area contributed by atoms with Gasteiger partial charge in [-0.15, -0.1) is 0 Å². The number of benzene rings is 1. The van der Waals surface area contributed by atoms with Gasteiger partial charge in [-0.3, -0.25) is 0 Å². The zero-order valence-electron chi connectivity index (χ0n) is 11.3. The second-order valence-corrected chi connectivity index (χ2v) is 4.53. The minimum absolute atomic E-state index is 0.178. The van der Waals surface area contributed by atoms with Gasteiger partial charge in [-0.2, -0.15) is 0 Å². The van der Waals surface area contributed by atoms with Crippen LogP contribution in [0.1, 0.15) is 43.4 Å². The molecule has 2 heteroatoms. The van der Waals surface area contributed by atoms with Crippen LogP contribution >= 0.6 is 0 Å². The average molecular weight is 235 g/mol. The number of aryl methyl sites for hydroxylation is 1. The molecule has 0 saturated carbocycles. The molecule has 0 bridgehead atoms. The molecule has 1 rings (SSSR count). The van der Waals surface area contributed by atoms with Crippen molar-refractivity contribution in [1.82, 2.24) is 5.32 Å². The van der Waals surface area contributed by atoms with Gasteiger partial charge >= 0.3 is 0 Å². The molecule has 1 aromatic carbocycles. The van der Waals surface area contributed by atoms with Crippen molar-refractivity contribution in [2.75, 3.05) is 20.2 Å². The fraction of sp³-hybridized carbons (Fsp3) is 0.600. The van der Waals surface area contributed by atoms with Crippen molar-refractivity contribution >= 4 is 0 Å². The fourth-order valence-corrected chi connectivity index (χ4v) is 1.82. The van der Waals surface area contributed by atoms with Crippen molar-refractivity contribution in [3.05, 3.63) is 35.4 Å². The van der Waals surface area contributed by atoms with Crippen LogP contribution in [0.4, 0.5) is 0 Å². The Hall–Kier alpha value is -0.860. The molecule has 0 aliphatic carbocycles. The van der Waals surface area contributed by atoms with E-state index < -0.39 is 0 Å². The van der Waals surface area contributed by atoms with Crippen LogP contribution in [0.5, 0.6) is 0 Å². The average Bonchev–Trinajstić information content (AvgIpc) is 2.34. The highest BCUT2D eigenvalue weighted by molar-refractivity contribution is 5.23. The van der Waals surface area contributed by atoms with Crippen LogP contribution in [0.2, 0.25) is 0 Å². The van der Waals surface area contributed by atoms with Crippen molar-refractivity contribution in [2.45, 2.75) is 39.2 Å². The van der Waals surface area contributed by atoms with E-state index in [0.717, 1.165) is 19.6 Å². The second kappa shape index (κ2) is 8.26. The maximum Gasteiger partial charge on any atom is 0.0949 e. The smallest absolute Gasteiger partial charge is 0.0949 e. The molecule has 0 radical (unpaired) electrons. The summed E-state index contributed by atoms with van der Waals surface area (Å²) in [5, 5.41) is 3.20. The number of nitrogens with one attached hydrogen (secondary N) is 1. The van der Waals surface area contributed by atoms with E-state index in [1.54, 1.807) is 0 Å². The van der Waals surface area contributed by atoms with E-state index in [4.69, 9.17) is 4.74 Å². The molecule has 0 aliphatic heterocycles. The third-order valence-electron chi connectivity index (χ3n) is 2.91. The number of ether oxygens (including phenoxy) is 1. The summed E-state index contributed by atoms with van der Waals surface area (Å²) in [6, 6.07) is 8.62. The zero-order chi connectivity index (χ0) is 12.5. The first-order valence-electron chi connectivity index (χ1n) is 6.60. The van der Waals surface area contributed by atoms with Gasteiger partial charge in [0.05, 0.1) is 6.10 Å². The standard InChI is InChI=1S/C15H25NO/c1-4-5-6-11-17-15(12-16-3)14-9-7-13(2)8-10-14/h7-10,15-16H,4-6,11-12H2,1-3H3. The summed E-state index contributed by atoms with van der Waals surface area (Å²) in [6.45, 7) is 6.05. The van der Waals surface area contributed by atoms with Crippen LogP contribution in [0.3, 0.4) is 0 Å². The highest BCUT2D eigenvalue weighted by atomic mass is 16.5. The monoisotopic (exact) mass is 235 g/mol. The van der Waals surface area contributed by atoms with E-state index in [-0.39, 0.29) is 6.10 Å². The Morgan fingerprint density at radius 1 is 1.18 bits per heavy atom. The van der Waals surface area contributed by atoms with Crippen LogP contribution in [0, 0.1) is 6.92 Å². The molecule has 0 heterocycles. The van der Waals surface area contributed by atoms with E-state index in [9.17, 15) is 0 Å². The Labute approximate surface area is 105 Å². The van der Waals surface area contributed by atoms with Gasteiger partial charge in [-0.25, -0.2) is 0 Å². The lowest BCUT2D eigenvalue weighted by molar-refractivity contribution is 0.0513. The first-order chi connectivity index (χ1) is 8.27. The first kappa shape index (κ1) is 14.2. The highest BCUT2D eigenvalue weighted by Gasteiger charge is 2.10. The fourth-order valence-electron chi connectivity index (χ4n) is 1.82. The number of unbranched alkanes of at least 4 members (excludes halogenated alkanes) is 2. The number of rotatable bonds is 8. The Kier molecular flexibility index (Phi) is 6.90. The maximum absolute atomic E-state index is 5.95. The molecule has 1 N–H and O–H groups in total. The lowest BCUT2D eigenvalue weighted by Crippen LogP contribution is -2.20. The van der Waals surface area contributed by atoms with Crippen LogP contribution in [-0.2, 0) is 4.74 Å². The summed E-state index contributed by atoms with van der Waals surface area (Å²) in [6.07, 6.45) is 3.82. The van der Waals surface area contributed by atoms with E-state index in [1.807, 2.05) is 7.05 Å². The van der Waals surface area contributed by atoms with Gasteiger partial charge in [-0.1, -0.05) is 49.6 Å². The molecule has 0 aliphatic rings. The molecule has 0 saturated heterocycles. The molecule has 0 amide bonds. The van der Waals surface area contributed by atoms with Gasteiger partial charge in [0.1, 0.15) is 0 Å². The van der Waals surface area contributed by atoms with Crippen LogP contribution in [-0.4, -0.2) is 20.2 Å². The zero-order valence-corrected chi connectivity index (χ0v) is 11.3. The largest absolute Gasteiger partial charge is 0.372 e. The summed E-state index contributed by atoms with van der Waals surface area (Å²) in [5.41, 5.74) is 2.56. The van der Waals surface area contributed by atoms with E-state index in [2.05, 4.69) is 43.4 Å². The van der Waals surface area contributed by atoms with Gasteiger partial charge in [-0.05, 0) is 26.0 Å². The minimum atomic E-state index is 0.178. The van der Waals surface area contributed by atoms with Crippen molar-refractivity contribution in [3.63, 3.8) is 0 Å². The predicted octanol–water partition coefficient (Wildman–Crippen LogP) is 3.46. The number of likely N-dealkylation sites (N-methyl/N-ethyl adjacent to an activating group) is 1. The summed E-state index contributed by atoms with van der Waals surface area (Å²) in [4.78, 5) is 0. The Balaban J connectivity index is 2.49. The summed E-state index contributed by atoms with van der Waals surface area (Å²) >= 11 is 0. The quantitative estimate of drug-likeness (QED) is 0.697. The molecule has 0 fully saturated rings. The van der Waals surface area contributed by atoms with Crippen LogP contribution in [0.25, 0.3) is 0 Å². The first-order valence-corrected chi connectivity index (χ1v) is 6.60. The van der Waals surface area contributed by atoms with Crippen LogP contribution in [0.15, 0.2) is 24.3 Å². The summed E-state index contributed by atoms with van der Waals surface area (Å²) in [5.74, 6) is 0. The molecule has 96 valence electrons. The Bertz CT molecular complexity index is 294. The highest BCUT2D eigenvalue weighted by Crippen LogP contribution is 2.17. The Morgan fingerprint density at radius 2 is 1.88 bits per heavy atom. The van der Waals surface area contributed by atoms with Crippen LogP contribution < -0.4 is 5.32 Å². The van der Waals surface area contributed by atoms with Gasteiger partial charge in [0.25, 0.3) is 0 Å². The van der Waals surface area contributed by atoms with E-state index >= 15 is 0 Å². The molecular formula is C15H25NO. The van der Waals surface area contributed by atoms with Crippen molar-refractivity contribution in [2.24, 2.45) is 0 Å². The van der Waals surface area contributed by atoms with Crippen molar-refractivity contribution in [3.8, 4) is 0 Å². The lowest BCUT2D eigenvalue weighted by Gasteiger charge is -2.18. The Morgan fingerprint density at radius 3 is 2.47 bits per heavy atom. The molecule has 1 atom stereocenters. The van der Waals surface area contributed by atoms with Gasteiger partial charge in [0.2, 0.25) is 0 Å². The predicted molar refractivity (Wildman–Crippen MR) is 73.3 cm³/mol. The molecule has 2 nitrogen and oxygen atoms in total. The third kappa shape index (κ3) is 5.33. The molecular weight excluding hydrogens is 210 g/mol. The van der Waals surface area contributed by atoms with Gasteiger partial charge < -0.3 is 10.1 Å². The summed E-state index contributed by atoms with van der Waals surface area (Å²) < 4.78 is 5.95. The molecule has 0 aromatic heterocycles. The van der Waals surface area contributed by atoms with Crippen molar-refractivity contribution < 1.29 is 4.74 Å². The number of hydrogen-bond acceptors (Lipinski definition) is 2. The van der Waals surface area contributed by atoms with E-state index in [1.165, 1.54) is 24.0 Å². The topological polar surface area (TPSA) is 21.3 Å². The van der Waals surface area contributed by atoms with Crippen molar-refractivity contribution in [1.29, 1.82) is 0 Å². The number of hydrogen-bond donors (Lipinski definition) is 1. The van der Waals surface area contributed by atoms with Gasteiger partial charge in [0.15, 0.2) is 0 Å². The molecule has 17 heavy (non-hydrogen) atoms.